The first-order valence-corrected chi connectivity index (χ1v) is 10.4. The van der Waals surface area contributed by atoms with Gasteiger partial charge in [0.25, 0.3) is 11.1 Å². The van der Waals surface area contributed by atoms with Crippen molar-refractivity contribution < 1.29 is 14.4 Å². The van der Waals surface area contributed by atoms with Crippen LogP contribution in [0.3, 0.4) is 0 Å². The number of carbonyl (C=O) groups is 3. The van der Waals surface area contributed by atoms with E-state index in [1.54, 1.807) is 6.08 Å². The summed E-state index contributed by atoms with van der Waals surface area (Å²) in [4.78, 5) is 39.5. The quantitative estimate of drug-likeness (QED) is 0.723. The average Bonchev–Trinajstić information content (AvgIpc) is 3.26. The minimum absolute atomic E-state index is 0.284. The van der Waals surface area contributed by atoms with Gasteiger partial charge in [0, 0.05) is 10.6 Å². The summed E-state index contributed by atoms with van der Waals surface area (Å²) in [5.74, 6) is -0.793. The van der Waals surface area contributed by atoms with Crippen molar-refractivity contribution in [1.29, 1.82) is 0 Å². The van der Waals surface area contributed by atoms with Gasteiger partial charge in [0.2, 0.25) is 5.91 Å². The molecule has 3 rings (SSSR count). The number of nitrogens with zero attached hydrogens (tertiary/aromatic N) is 1. The van der Waals surface area contributed by atoms with Crippen molar-refractivity contribution in [1.82, 2.24) is 4.90 Å². The molecule has 1 aliphatic rings. The largest absolute Gasteiger partial charge is 0.324 e. The molecule has 0 unspecified atom stereocenters. The van der Waals surface area contributed by atoms with E-state index in [2.05, 4.69) is 5.32 Å². The van der Waals surface area contributed by atoms with Crippen LogP contribution >= 0.6 is 23.1 Å². The summed E-state index contributed by atoms with van der Waals surface area (Å²) in [6.45, 7) is 3.76. The van der Waals surface area contributed by atoms with E-state index in [0.29, 0.717) is 4.91 Å². The van der Waals surface area contributed by atoms with Gasteiger partial charge in [-0.2, -0.15) is 0 Å². The van der Waals surface area contributed by atoms with Gasteiger partial charge in [-0.05, 0) is 53.3 Å². The Bertz CT molecular complexity index is 882. The number of carbonyl (C=O) groups excluding carboxylic acids is 3. The Balaban J connectivity index is 1.73. The summed E-state index contributed by atoms with van der Waals surface area (Å²) in [7, 11) is 0. The van der Waals surface area contributed by atoms with Crippen molar-refractivity contribution in [3.05, 3.63) is 56.6 Å². The molecule has 3 amide bonds. The number of para-hydroxylation sites is 1. The number of anilines is 1. The lowest BCUT2D eigenvalue weighted by Crippen LogP contribution is -2.36. The van der Waals surface area contributed by atoms with Gasteiger partial charge in [-0.3, -0.25) is 19.3 Å². The number of benzene rings is 1. The van der Waals surface area contributed by atoms with Gasteiger partial charge >= 0.3 is 0 Å². The number of aryl methyl sites for hydroxylation is 2. The van der Waals surface area contributed by atoms with Gasteiger partial charge in [-0.1, -0.05) is 38.1 Å². The van der Waals surface area contributed by atoms with Crippen molar-refractivity contribution in [2.75, 3.05) is 11.9 Å². The first kappa shape index (κ1) is 19.4. The third kappa shape index (κ3) is 4.31. The van der Waals surface area contributed by atoms with Crippen molar-refractivity contribution in [2.45, 2.75) is 26.7 Å². The summed E-state index contributed by atoms with van der Waals surface area (Å²) < 4.78 is 0. The molecule has 1 aromatic heterocycles. The number of hydrogen-bond donors (Lipinski definition) is 1. The number of amides is 3. The number of thiophene rings is 1. The van der Waals surface area contributed by atoms with E-state index in [-0.39, 0.29) is 12.5 Å². The van der Waals surface area contributed by atoms with E-state index < -0.39 is 11.1 Å². The van der Waals surface area contributed by atoms with Crippen LogP contribution in [0.4, 0.5) is 10.5 Å². The molecule has 0 spiro atoms. The number of hydrogen-bond acceptors (Lipinski definition) is 5. The summed E-state index contributed by atoms with van der Waals surface area (Å²) in [6, 6.07) is 9.67. The Morgan fingerprint density at radius 3 is 2.41 bits per heavy atom. The van der Waals surface area contributed by atoms with Crippen LogP contribution in [0.25, 0.3) is 6.08 Å². The van der Waals surface area contributed by atoms with Crippen LogP contribution in [-0.4, -0.2) is 28.5 Å². The molecule has 2 aromatic rings. The minimum Gasteiger partial charge on any atom is -0.324 e. The predicted octanol–water partition coefficient (Wildman–Crippen LogP) is 4.55. The van der Waals surface area contributed by atoms with Crippen molar-refractivity contribution in [3.63, 3.8) is 0 Å². The van der Waals surface area contributed by atoms with E-state index >= 15 is 0 Å². The smallest absolute Gasteiger partial charge is 0.294 e. The zero-order valence-electron chi connectivity index (χ0n) is 15.2. The lowest BCUT2D eigenvalue weighted by atomic mass is 10.0. The lowest BCUT2D eigenvalue weighted by molar-refractivity contribution is -0.127. The van der Waals surface area contributed by atoms with Crippen molar-refractivity contribution >= 4 is 51.9 Å². The Labute approximate surface area is 166 Å². The number of thioether (sulfide) groups is 1. The molecule has 27 heavy (non-hydrogen) atoms. The molecule has 1 N–H and O–H groups in total. The fourth-order valence-corrected chi connectivity index (χ4v) is 4.43. The van der Waals surface area contributed by atoms with Gasteiger partial charge in [-0.25, -0.2) is 0 Å². The molecule has 7 heteroatoms. The molecule has 1 fully saturated rings. The van der Waals surface area contributed by atoms with Gasteiger partial charge in [0.05, 0.1) is 4.91 Å². The third-order valence-electron chi connectivity index (χ3n) is 4.26. The fourth-order valence-electron chi connectivity index (χ4n) is 2.86. The Morgan fingerprint density at radius 2 is 1.81 bits per heavy atom. The molecule has 1 aliphatic heterocycles. The third-order valence-corrected chi connectivity index (χ3v) is 5.98. The molecular formula is C20H20N2O3S2. The number of rotatable bonds is 6. The zero-order chi connectivity index (χ0) is 19.4. The summed E-state index contributed by atoms with van der Waals surface area (Å²) in [6.07, 6.45) is 3.26. The first-order valence-electron chi connectivity index (χ1n) is 8.73. The fraction of sp³-hybridized carbons (Fsp3) is 0.250. The van der Waals surface area contributed by atoms with Crippen LogP contribution < -0.4 is 5.32 Å². The predicted molar refractivity (Wildman–Crippen MR) is 111 cm³/mol. The first-order chi connectivity index (χ1) is 13.0. The van der Waals surface area contributed by atoms with Crippen LogP contribution in [0, 0.1) is 0 Å². The average molecular weight is 401 g/mol. The van der Waals surface area contributed by atoms with Crippen LogP contribution in [0.5, 0.6) is 0 Å². The second-order valence-electron chi connectivity index (χ2n) is 5.99. The van der Waals surface area contributed by atoms with E-state index in [1.807, 2.05) is 49.6 Å². The van der Waals surface area contributed by atoms with Crippen LogP contribution in [0.1, 0.15) is 29.9 Å². The van der Waals surface area contributed by atoms with Crippen molar-refractivity contribution in [3.8, 4) is 0 Å². The monoisotopic (exact) mass is 400 g/mol. The molecule has 1 aromatic carbocycles. The van der Waals surface area contributed by atoms with Crippen LogP contribution in [0.15, 0.2) is 40.6 Å². The molecule has 0 atom stereocenters. The lowest BCUT2D eigenvalue weighted by Gasteiger charge is -2.16. The molecule has 140 valence electrons. The van der Waals surface area contributed by atoms with Crippen LogP contribution in [0.2, 0.25) is 0 Å². The maximum Gasteiger partial charge on any atom is 0.294 e. The number of nitrogens with one attached hydrogen (secondary N) is 1. The summed E-state index contributed by atoms with van der Waals surface area (Å²) in [5.41, 5.74) is 2.86. The second kappa shape index (κ2) is 8.54. The molecule has 1 saturated heterocycles. The highest BCUT2D eigenvalue weighted by molar-refractivity contribution is 8.18. The maximum absolute atomic E-state index is 12.5. The van der Waals surface area contributed by atoms with E-state index in [4.69, 9.17) is 0 Å². The number of imide groups is 1. The molecule has 0 saturated carbocycles. The summed E-state index contributed by atoms with van der Waals surface area (Å²) >= 11 is 2.36. The van der Waals surface area contributed by atoms with Gasteiger partial charge in [-0.15, -0.1) is 11.3 Å². The molecule has 2 heterocycles. The highest BCUT2D eigenvalue weighted by Crippen LogP contribution is 2.33. The van der Waals surface area contributed by atoms with Crippen molar-refractivity contribution in [2.24, 2.45) is 0 Å². The SMILES string of the molecule is CCc1cccc(CC)c1NC(=O)CN1C(=O)S/C(=C\c2cccs2)C1=O. The van der Waals surface area contributed by atoms with Gasteiger partial charge in [0.1, 0.15) is 6.54 Å². The molecule has 0 radical (unpaired) electrons. The summed E-state index contributed by atoms with van der Waals surface area (Å²) in [5, 5.41) is 4.38. The second-order valence-corrected chi connectivity index (χ2v) is 7.96. The molecule has 0 bridgehead atoms. The van der Waals surface area contributed by atoms with Gasteiger partial charge in [0.15, 0.2) is 0 Å². The van der Waals surface area contributed by atoms with E-state index in [1.165, 1.54) is 11.3 Å². The van der Waals surface area contributed by atoms with E-state index in [0.717, 1.165) is 51.2 Å². The molecular weight excluding hydrogens is 380 g/mol. The van der Waals surface area contributed by atoms with Gasteiger partial charge < -0.3 is 5.32 Å². The Morgan fingerprint density at radius 1 is 1.11 bits per heavy atom. The maximum atomic E-state index is 12.5. The topological polar surface area (TPSA) is 66.5 Å². The standard InChI is InChI=1S/C20H20N2O3S2/c1-3-13-7-5-8-14(4-2)18(13)21-17(23)12-22-19(24)16(27-20(22)25)11-15-9-6-10-26-15/h5-11H,3-4,12H2,1-2H3,(H,21,23)/b16-11-. The zero-order valence-corrected chi connectivity index (χ0v) is 16.8. The highest BCUT2D eigenvalue weighted by Gasteiger charge is 2.36. The van der Waals surface area contributed by atoms with E-state index in [9.17, 15) is 14.4 Å². The minimum atomic E-state index is -0.423. The molecule has 5 nitrogen and oxygen atoms in total. The highest BCUT2D eigenvalue weighted by atomic mass is 32.2. The Kier molecular flexibility index (Phi) is 6.13. The van der Waals surface area contributed by atoms with Crippen LogP contribution in [-0.2, 0) is 22.4 Å². The normalized spacial score (nSPS) is 15.6. The molecule has 0 aliphatic carbocycles. The Hall–Kier alpha value is -2.38.